The Hall–Kier alpha value is -2.50. The third kappa shape index (κ3) is 5.35. The molecule has 2 N–H and O–H groups in total. The normalized spacial score (nSPS) is 12.1. The predicted octanol–water partition coefficient (Wildman–Crippen LogP) is 5.41. The van der Waals surface area contributed by atoms with E-state index in [9.17, 15) is 4.79 Å². The van der Waals surface area contributed by atoms with Crippen molar-refractivity contribution in [1.29, 1.82) is 0 Å². The van der Waals surface area contributed by atoms with E-state index in [0.717, 1.165) is 11.3 Å². The van der Waals surface area contributed by atoms with Crippen LogP contribution in [0.2, 0.25) is 10.2 Å². The number of carbonyl (C=O) groups is 1. The summed E-state index contributed by atoms with van der Waals surface area (Å²) >= 11 is 12.8. The molecule has 3 aromatic rings. The van der Waals surface area contributed by atoms with Crippen molar-refractivity contribution in [1.82, 2.24) is 15.1 Å². The van der Waals surface area contributed by atoms with Crippen molar-refractivity contribution >= 4 is 34.8 Å². The lowest BCUT2D eigenvalue weighted by Gasteiger charge is -2.24. The number of aromatic nitrogens is 2. The number of rotatable bonds is 8. The van der Waals surface area contributed by atoms with Gasteiger partial charge in [-0.1, -0.05) is 73.4 Å². The first-order valence-electron chi connectivity index (χ1n) is 9.93. The van der Waals surface area contributed by atoms with Crippen LogP contribution in [0.4, 0.5) is 5.69 Å². The maximum absolute atomic E-state index is 12.9. The number of halogens is 2. The van der Waals surface area contributed by atoms with Crippen LogP contribution in [0.15, 0.2) is 54.6 Å². The molecule has 0 aliphatic carbocycles. The fourth-order valence-corrected chi connectivity index (χ4v) is 3.71. The number of carbonyl (C=O) groups excluding carboxylic acids is 1. The Labute approximate surface area is 187 Å². The lowest BCUT2D eigenvalue weighted by Crippen LogP contribution is -2.39. The third-order valence-electron chi connectivity index (χ3n) is 4.98. The highest BCUT2D eigenvalue weighted by Crippen LogP contribution is 2.23. The molecule has 30 heavy (non-hydrogen) atoms. The van der Waals surface area contributed by atoms with E-state index in [4.69, 9.17) is 23.2 Å². The van der Waals surface area contributed by atoms with E-state index in [2.05, 4.69) is 29.6 Å². The summed E-state index contributed by atoms with van der Waals surface area (Å²) in [6.45, 7) is 6.89. The third-order valence-corrected chi connectivity index (χ3v) is 5.74. The molecule has 0 spiro atoms. The Kier molecular flexibility index (Phi) is 7.40. The second-order valence-electron chi connectivity index (χ2n) is 7.57. The molecule has 0 saturated heterocycles. The summed E-state index contributed by atoms with van der Waals surface area (Å²) in [7, 11) is 0. The van der Waals surface area contributed by atoms with Crippen LogP contribution in [0, 0.1) is 12.8 Å². The number of hydrogen-bond donors (Lipinski definition) is 2. The van der Waals surface area contributed by atoms with E-state index < -0.39 is 0 Å². The van der Waals surface area contributed by atoms with E-state index in [0.29, 0.717) is 40.4 Å². The Morgan fingerprint density at radius 2 is 1.73 bits per heavy atom. The maximum Gasteiger partial charge on any atom is 0.256 e. The van der Waals surface area contributed by atoms with Gasteiger partial charge in [0.25, 0.3) is 5.91 Å². The quantitative estimate of drug-likeness (QED) is 0.487. The predicted molar refractivity (Wildman–Crippen MR) is 124 cm³/mol. The van der Waals surface area contributed by atoms with Gasteiger partial charge in [-0.2, -0.15) is 5.10 Å². The van der Waals surface area contributed by atoms with Gasteiger partial charge in [-0.3, -0.25) is 4.79 Å². The fraction of sp³-hybridized carbons (Fsp3) is 0.304. The molecule has 1 amide bonds. The second-order valence-corrected chi connectivity index (χ2v) is 8.34. The SMILES string of the molecule is Cc1nn(Cc2ccccc2Cl)c(Cl)c1C(=O)NCC(Nc1ccccc1)C(C)C. The largest absolute Gasteiger partial charge is 0.380 e. The number of amides is 1. The number of nitrogens with one attached hydrogen (secondary N) is 2. The van der Waals surface area contributed by atoms with Crippen molar-refractivity contribution in [2.45, 2.75) is 33.4 Å². The molecular weight excluding hydrogens is 419 g/mol. The number of hydrogen-bond acceptors (Lipinski definition) is 3. The highest BCUT2D eigenvalue weighted by atomic mass is 35.5. The summed E-state index contributed by atoms with van der Waals surface area (Å²) < 4.78 is 1.61. The minimum Gasteiger partial charge on any atom is -0.380 e. The Balaban J connectivity index is 1.70. The lowest BCUT2D eigenvalue weighted by atomic mass is 10.0. The monoisotopic (exact) mass is 444 g/mol. The van der Waals surface area contributed by atoms with Gasteiger partial charge in [0.2, 0.25) is 0 Å². The summed E-state index contributed by atoms with van der Waals surface area (Å²) in [4.78, 5) is 12.9. The maximum atomic E-state index is 12.9. The van der Waals surface area contributed by atoms with Crippen molar-refractivity contribution in [3.8, 4) is 0 Å². The van der Waals surface area contributed by atoms with Gasteiger partial charge in [-0.25, -0.2) is 4.68 Å². The van der Waals surface area contributed by atoms with Gasteiger partial charge in [0.1, 0.15) is 5.15 Å². The van der Waals surface area contributed by atoms with Crippen LogP contribution in [0.3, 0.4) is 0 Å². The zero-order chi connectivity index (χ0) is 21.7. The van der Waals surface area contributed by atoms with E-state index in [1.165, 1.54) is 0 Å². The average molecular weight is 445 g/mol. The molecule has 3 rings (SSSR count). The zero-order valence-corrected chi connectivity index (χ0v) is 18.8. The standard InChI is InChI=1S/C23H26Cl2N4O/c1-15(2)20(27-18-10-5-4-6-11-18)13-26-23(30)21-16(3)28-29(22(21)25)14-17-9-7-8-12-19(17)24/h4-12,15,20,27H,13-14H2,1-3H3,(H,26,30). The minimum absolute atomic E-state index is 0.0774. The van der Waals surface area contributed by atoms with E-state index >= 15 is 0 Å². The molecule has 7 heteroatoms. The van der Waals surface area contributed by atoms with E-state index in [1.54, 1.807) is 11.6 Å². The molecule has 158 valence electrons. The van der Waals surface area contributed by atoms with Gasteiger partial charge in [0.15, 0.2) is 0 Å². The first kappa shape index (κ1) is 22.2. The van der Waals surface area contributed by atoms with Crippen LogP contribution in [0.5, 0.6) is 0 Å². The molecule has 0 bridgehead atoms. The summed E-state index contributed by atoms with van der Waals surface area (Å²) in [6, 6.07) is 17.5. The van der Waals surface area contributed by atoms with Gasteiger partial charge >= 0.3 is 0 Å². The Morgan fingerprint density at radius 1 is 1.07 bits per heavy atom. The highest BCUT2D eigenvalue weighted by Gasteiger charge is 2.22. The summed E-state index contributed by atoms with van der Waals surface area (Å²) in [6.07, 6.45) is 0. The first-order valence-corrected chi connectivity index (χ1v) is 10.7. The van der Waals surface area contributed by atoms with E-state index in [1.807, 2.05) is 54.6 Å². The van der Waals surface area contributed by atoms with Crippen LogP contribution in [0.1, 0.15) is 35.5 Å². The Morgan fingerprint density at radius 3 is 2.40 bits per heavy atom. The van der Waals surface area contributed by atoms with Crippen molar-refractivity contribution in [2.75, 3.05) is 11.9 Å². The van der Waals surface area contributed by atoms with Crippen LogP contribution in [-0.4, -0.2) is 28.3 Å². The average Bonchev–Trinajstić information content (AvgIpc) is 3.00. The summed E-state index contributed by atoms with van der Waals surface area (Å²) in [5.74, 6) is 0.0911. The molecule has 0 fully saturated rings. The second kappa shape index (κ2) is 10.0. The van der Waals surface area contributed by atoms with Crippen LogP contribution >= 0.6 is 23.2 Å². The summed E-state index contributed by atoms with van der Waals surface area (Å²) in [5, 5.41) is 11.9. The van der Waals surface area contributed by atoms with Gasteiger partial charge in [-0.05, 0) is 36.6 Å². The highest BCUT2D eigenvalue weighted by molar-refractivity contribution is 6.33. The van der Waals surface area contributed by atoms with E-state index in [-0.39, 0.29) is 11.9 Å². The van der Waals surface area contributed by atoms with Crippen LogP contribution in [-0.2, 0) is 6.54 Å². The molecule has 1 aromatic heterocycles. The van der Waals surface area contributed by atoms with Crippen molar-refractivity contribution in [3.63, 3.8) is 0 Å². The molecule has 0 radical (unpaired) electrons. The molecule has 1 heterocycles. The molecule has 1 atom stereocenters. The molecule has 5 nitrogen and oxygen atoms in total. The fourth-order valence-electron chi connectivity index (χ4n) is 3.20. The minimum atomic E-state index is -0.233. The van der Waals surface area contributed by atoms with Crippen molar-refractivity contribution in [3.05, 3.63) is 81.6 Å². The number of nitrogens with zero attached hydrogens (tertiary/aromatic N) is 2. The number of para-hydroxylation sites is 1. The number of anilines is 1. The molecule has 2 aromatic carbocycles. The number of aryl methyl sites for hydroxylation is 1. The molecule has 1 unspecified atom stereocenters. The van der Waals surface area contributed by atoms with Crippen molar-refractivity contribution in [2.24, 2.45) is 5.92 Å². The molecule has 0 aliphatic rings. The zero-order valence-electron chi connectivity index (χ0n) is 17.3. The van der Waals surface area contributed by atoms with Crippen LogP contribution < -0.4 is 10.6 Å². The van der Waals surface area contributed by atoms with Crippen LogP contribution in [0.25, 0.3) is 0 Å². The van der Waals surface area contributed by atoms with Crippen molar-refractivity contribution < 1.29 is 4.79 Å². The summed E-state index contributed by atoms with van der Waals surface area (Å²) in [5.41, 5.74) is 2.89. The lowest BCUT2D eigenvalue weighted by molar-refractivity contribution is 0.0950. The van der Waals surface area contributed by atoms with Gasteiger partial charge < -0.3 is 10.6 Å². The molecule has 0 aliphatic heterocycles. The molecular formula is C23H26Cl2N4O. The Bertz CT molecular complexity index is 1000. The van der Waals surface area contributed by atoms with Gasteiger partial charge in [-0.15, -0.1) is 0 Å². The topological polar surface area (TPSA) is 59.0 Å². The smallest absolute Gasteiger partial charge is 0.256 e. The van der Waals surface area contributed by atoms with Gasteiger partial charge in [0.05, 0.1) is 17.8 Å². The molecule has 0 saturated carbocycles. The van der Waals surface area contributed by atoms with Gasteiger partial charge in [0, 0.05) is 23.3 Å². The number of benzene rings is 2. The first-order chi connectivity index (χ1) is 14.4.